The average molecular weight is 262 g/mol. The summed E-state index contributed by atoms with van der Waals surface area (Å²) in [5.41, 5.74) is 6.42. The van der Waals surface area contributed by atoms with Crippen LogP contribution in [-0.2, 0) is 0 Å². The highest BCUT2D eigenvalue weighted by Gasteiger charge is 2.31. The molecule has 2 aliphatic rings. The Morgan fingerprint density at radius 3 is 2.22 bits per heavy atom. The number of hydrogen-bond donors (Lipinski definition) is 1. The van der Waals surface area contributed by atoms with Crippen LogP contribution in [0.4, 0.5) is 5.82 Å². The molecule has 0 aliphatic heterocycles. The Morgan fingerprint density at radius 2 is 1.72 bits per heavy atom. The van der Waals surface area contributed by atoms with E-state index in [4.69, 9.17) is 18.0 Å². The molecule has 5 heteroatoms. The summed E-state index contributed by atoms with van der Waals surface area (Å²) in [6.45, 7) is 2.15. The van der Waals surface area contributed by atoms with Crippen LogP contribution in [0.2, 0.25) is 0 Å². The van der Waals surface area contributed by atoms with Gasteiger partial charge in [0, 0.05) is 25.5 Å². The van der Waals surface area contributed by atoms with Gasteiger partial charge in [0.1, 0.15) is 10.7 Å². The van der Waals surface area contributed by atoms with Crippen LogP contribution in [0.25, 0.3) is 0 Å². The van der Waals surface area contributed by atoms with Gasteiger partial charge < -0.3 is 10.6 Å². The van der Waals surface area contributed by atoms with E-state index >= 15 is 0 Å². The van der Waals surface area contributed by atoms with Crippen LogP contribution in [0.15, 0.2) is 12.4 Å². The maximum absolute atomic E-state index is 5.75. The molecule has 0 radical (unpaired) electrons. The standard InChI is InChI=1S/C13H18N4S/c14-12(18)11-13(16-6-5-15-11)17(7-9-1-2-9)8-10-3-4-10/h5-6,9-10H,1-4,7-8H2,(H2,14,18). The molecular formula is C13H18N4S. The van der Waals surface area contributed by atoms with Crippen molar-refractivity contribution in [1.29, 1.82) is 0 Å². The van der Waals surface area contributed by atoms with E-state index in [-0.39, 0.29) is 0 Å². The van der Waals surface area contributed by atoms with E-state index in [9.17, 15) is 0 Å². The average Bonchev–Trinajstić information content (AvgIpc) is 3.23. The van der Waals surface area contributed by atoms with Gasteiger partial charge in [0.15, 0.2) is 5.82 Å². The highest BCUT2D eigenvalue weighted by Crippen LogP contribution is 2.35. The second-order valence-corrected chi connectivity index (χ2v) is 5.82. The number of thiocarbonyl (C=S) groups is 1. The molecule has 4 nitrogen and oxygen atoms in total. The van der Waals surface area contributed by atoms with Crippen molar-refractivity contribution < 1.29 is 0 Å². The van der Waals surface area contributed by atoms with E-state index < -0.39 is 0 Å². The van der Waals surface area contributed by atoms with Gasteiger partial charge in [-0.25, -0.2) is 9.97 Å². The van der Waals surface area contributed by atoms with Crippen LogP contribution in [0, 0.1) is 11.8 Å². The van der Waals surface area contributed by atoms with Crippen molar-refractivity contribution in [3.63, 3.8) is 0 Å². The predicted molar refractivity (Wildman–Crippen MR) is 75.6 cm³/mol. The lowest BCUT2D eigenvalue weighted by Crippen LogP contribution is -2.31. The molecule has 0 saturated heterocycles. The molecule has 2 fully saturated rings. The number of nitrogens with two attached hydrogens (primary N) is 1. The number of hydrogen-bond acceptors (Lipinski definition) is 4. The Labute approximate surface area is 113 Å². The van der Waals surface area contributed by atoms with Crippen molar-refractivity contribution in [2.45, 2.75) is 25.7 Å². The minimum atomic E-state index is 0.342. The number of rotatable bonds is 6. The van der Waals surface area contributed by atoms with E-state index in [1.165, 1.54) is 25.7 Å². The molecule has 0 amide bonds. The Bertz CT molecular complexity index is 440. The molecule has 3 rings (SSSR count). The lowest BCUT2D eigenvalue weighted by atomic mass is 10.2. The summed E-state index contributed by atoms with van der Waals surface area (Å²) in [4.78, 5) is 11.4. The normalized spacial score (nSPS) is 18.7. The van der Waals surface area contributed by atoms with E-state index in [2.05, 4.69) is 14.9 Å². The second kappa shape index (κ2) is 4.80. The van der Waals surface area contributed by atoms with E-state index in [1.807, 2.05) is 0 Å². The molecule has 2 aliphatic carbocycles. The molecule has 0 aromatic carbocycles. The fourth-order valence-corrected chi connectivity index (χ4v) is 2.35. The highest BCUT2D eigenvalue weighted by molar-refractivity contribution is 7.80. The third kappa shape index (κ3) is 2.77. The SMILES string of the molecule is NC(=S)c1nccnc1N(CC1CC1)CC1CC1. The minimum absolute atomic E-state index is 0.342. The molecule has 18 heavy (non-hydrogen) atoms. The largest absolute Gasteiger partial charge is 0.388 e. The van der Waals surface area contributed by atoms with Gasteiger partial charge in [-0.2, -0.15) is 0 Å². The van der Waals surface area contributed by atoms with Crippen LogP contribution < -0.4 is 10.6 Å². The van der Waals surface area contributed by atoms with Gasteiger partial charge in [0.05, 0.1) is 0 Å². The summed E-state index contributed by atoms with van der Waals surface area (Å²) in [6.07, 6.45) is 8.73. The second-order valence-electron chi connectivity index (χ2n) is 5.38. The Morgan fingerprint density at radius 1 is 1.17 bits per heavy atom. The first-order valence-electron chi connectivity index (χ1n) is 6.60. The minimum Gasteiger partial charge on any atom is -0.388 e. The highest BCUT2D eigenvalue weighted by atomic mass is 32.1. The molecule has 1 aromatic heterocycles. The molecule has 2 N–H and O–H groups in total. The quantitative estimate of drug-likeness (QED) is 0.791. The number of anilines is 1. The topological polar surface area (TPSA) is 55.0 Å². The van der Waals surface area contributed by atoms with Gasteiger partial charge in [-0.05, 0) is 37.5 Å². The zero-order valence-corrected chi connectivity index (χ0v) is 11.2. The lowest BCUT2D eigenvalue weighted by molar-refractivity contribution is 0.669. The number of aromatic nitrogens is 2. The summed E-state index contributed by atoms with van der Waals surface area (Å²) in [5, 5.41) is 0. The van der Waals surface area contributed by atoms with Gasteiger partial charge >= 0.3 is 0 Å². The van der Waals surface area contributed by atoms with Crippen LogP contribution in [0.3, 0.4) is 0 Å². The first kappa shape index (κ1) is 11.8. The molecule has 2 saturated carbocycles. The van der Waals surface area contributed by atoms with Crippen molar-refractivity contribution >= 4 is 23.0 Å². The van der Waals surface area contributed by atoms with Crippen LogP contribution in [0.5, 0.6) is 0 Å². The molecule has 0 spiro atoms. The summed E-state index contributed by atoms with van der Waals surface area (Å²) < 4.78 is 0. The molecule has 0 bridgehead atoms. The first-order chi connectivity index (χ1) is 8.74. The van der Waals surface area contributed by atoms with Gasteiger partial charge in [0.2, 0.25) is 0 Å². The van der Waals surface area contributed by atoms with Crippen LogP contribution >= 0.6 is 12.2 Å². The van der Waals surface area contributed by atoms with E-state index in [0.29, 0.717) is 10.7 Å². The fourth-order valence-electron chi connectivity index (χ4n) is 2.21. The summed E-state index contributed by atoms with van der Waals surface area (Å²) >= 11 is 5.08. The van der Waals surface area contributed by atoms with Crippen molar-refractivity contribution in [2.24, 2.45) is 17.6 Å². The molecule has 0 atom stereocenters. The van der Waals surface area contributed by atoms with Crippen molar-refractivity contribution in [3.05, 3.63) is 18.1 Å². The third-order valence-corrected chi connectivity index (χ3v) is 3.76. The summed E-state index contributed by atoms with van der Waals surface area (Å²) in [5.74, 6) is 2.53. The van der Waals surface area contributed by atoms with E-state index in [0.717, 1.165) is 30.7 Å². The lowest BCUT2D eigenvalue weighted by Gasteiger charge is -2.25. The molecule has 0 unspecified atom stereocenters. The Kier molecular flexibility index (Phi) is 3.16. The third-order valence-electron chi connectivity index (χ3n) is 3.56. The fraction of sp³-hybridized carbons (Fsp3) is 0.615. The van der Waals surface area contributed by atoms with Gasteiger partial charge in [0.25, 0.3) is 0 Å². The Balaban J connectivity index is 1.84. The summed E-state index contributed by atoms with van der Waals surface area (Å²) in [6, 6.07) is 0. The first-order valence-corrected chi connectivity index (χ1v) is 7.00. The van der Waals surface area contributed by atoms with Crippen LogP contribution in [0.1, 0.15) is 31.4 Å². The number of nitrogens with zero attached hydrogens (tertiary/aromatic N) is 3. The van der Waals surface area contributed by atoms with Crippen molar-refractivity contribution in [2.75, 3.05) is 18.0 Å². The zero-order valence-electron chi connectivity index (χ0n) is 10.4. The van der Waals surface area contributed by atoms with Crippen LogP contribution in [-0.4, -0.2) is 28.0 Å². The van der Waals surface area contributed by atoms with Gasteiger partial charge in [-0.3, -0.25) is 0 Å². The molecular weight excluding hydrogens is 244 g/mol. The molecule has 1 heterocycles. The van der Waals surface area contributed by atoms with Crippen molar-refractivity contribution in [3.8, 4) is 0 Å². The maximum atomic E-state index is 5.75. The predicted octanol–water partition coefficient (Wildman–Crippen LogP) is 1.74. The smallest absolute Gasteiger partial charge is 0.157 e. The van der Waals surface area contributed by atoms with Gasteiger partial charge in [-0.15, -0.1) is 0 Å². The van der Waals surface area contributed by atoms with E-state index in [1.54, 1.807) is 12.4 Å². The van der Waals surface area contributed by atoms with Crippen molar-refractivity contribution in [1.82, 2.24) is 9.97 Å². The molecule has 96 valence electrons. The van der Waals surface area contributed by atoms with Gasteiger partial charge in [-0.1, -0.05) is 12.2 Å². The summed E-state index contributed by atoms with van der Waals surface area (Å²) in [7, 11) is 0. The maximum Gasteiger partial charge on any atom is 0.157 e. The Hall–Kier alpha value is -1.23. The monoisotopic (exact) mass is 262 g/mol. The molecule has 1 aromatic rings. The zero-order chi connectivity index (χ0) is 12.5.